The highest BCUT2D eigenvalue weighted by molar-refractivity contribution is 7.13. The lowest BCUT2D eigenvalue weighted by atomic mass is 10.2. The summed E-state index contributed by atoms with van der Waals surface area (Å²) in [7, 11) is 0.951. The van der Waals surface area contributed by atoms with E-state index in [1.807, 2.05) is 0 Å². The van der Waals surface area contributed by atoms with Crippen LogP contribution in [0.2, 0.25) is 0 Å². The molecular weight excluding hydrogens is 415 g/mol. The first-order chi connectivity index (χ1) is 13.7. The van der Waals surface area contributed by atoms with Crippen LogP contribution in [0.1, 0.15) is 17.7 Å². The molecule has 2 unspecified atom stereocenters. The summed E-state index contributed by atoms with van der Waals surface area (Å²) in [6.07, 6.45) is -6.16. The van der Waals surface area contributed by atoms with Crippen molar-refractivity contribution in [2.45, 2.75) is 18.6 Å². The number of benzene rings is 1. The van der Waals surface area contributed by atoms with Crippen LogP contribution in [-0.4, -0.2) is 37.9 Å². The Balaban J connectivity index is 1.84. The molecule has 1 aromatic carbocycles. The van der Waals surface area contributed by atoms with Gasteiger partial charge in [0, 0.05) is 18.5 Å². The third-order valence-electron chi connectivity index (χ3n) is 4.53. The molecule has 1 aliphatic heterocycles. The maximum absolute atomic E-state index is 13.0. The van der Waals surface area contributed by atoms with Crippen LogP contribution in [0.3, 0.4) is 0 Å². The predicted molar refractivity (Wildman–Crippen MR) is 96.1 cm³/mol. The first-order valence-electron chi connectivity index (χ1n) is 8.38. The highest BCUT2D eigenvalue weighted by atomic mass is 32.1. The van der Waals surface area contributed by atoms with Gasteiger partial charge in [0.05, 0.1) is 23.6 Å². The van der Waals surface area contributed by atoms with E-state index in [0.29, 0.717) is 31.0 Å². The number of halogens is 3. The smallest absolute Gasteiger partial charge is 0.394 e. The number of hydrogen-bond acceptors (Lipinski definition) is 7. The zero-order valence-electron chi connectivity index (χ0n) is 14.8. The Bertz CT molecular complexity index is 1200. The first kappa shape index (κ1) is 19.8. The van der Waals surface area contributed by atoms with Crippen LogP contribution in [0.5, 0.6) is 0 Å². The molecule has 0 spiro atoms. The summed E-state index contributed by atoms with van der Waals surface area (Å²) < 4.78 is 56.2. The number of nitrogens with zero attached hydrogens (tertiary/aromatic N) is 3. The van der Waals surface area contributed by atoms with Crippen LogP contribution in [0, 0.1) is 0 Å². The van der Waals surface area contributed by atoms with Crippen LogP contribution >= 0.6 is 11.5 Å². The second kappa shape index (κ2) is 7.06. The molecule has 1 saturated heterocycles. The quantitative estimate of drug-likeness (QED) is 0.679. The number of aromatic nitrogens is 3. The summed E-state index contributed by atoms with van der Waals surface area (Å²) in [6.45, 7) is -0.0421. The molecule has 4 rings (SSSR count). The molecule has 29 heavy (non-hydrogen) atoms. The average molecular weight is 429 g/mol. The van der Waals surface area contributed by atoms with E-state index in [-0.39, 0.29) is 18.9 Å². The highest BCUT2D eigenvalue weighted by Gasteiger charge is 2.35. The molecule has 3 aromatic rings. The summed E-state index contributed by atoms with van der Waals surface area (Å²) in [5.74, 6) is 0. The van der Waals surface area contributed by atoms with E-state index < -0.39 is 35.5 Å². The van der Waals surface area contributed by atoms with E-state index in [2.05, 4.69) is 4.37 Å². The van der Waals surface area contributed by atoms with Gasteiger partial charge in [-0.25, -0.2) is 9.36 Å². The number of fused-ring (bicyclic) bond motifs is 1. The van der Waals surface area contributed by atoms with Crippen molar-refractivity contribution in [3.05, 3.63) is 56.5 Å². The first-order valence-corrected chi connectivity index (χ1v) is 9.16. The molecule has 0 aliphatic carbocycles. The number of rotatable bonds is 3. The summed E-state index contributed by atoms with van der Waals surface area (Å²) >= 11 is 1.14. The molecule has 0 bridgehead atoms. The fourth-order valence-electron chi connectivity index (χ4n) is 3.08. The number of alkyl halides is 3. The normalized spacial score (nSPS) is 19.9. The summed E-state index contributed by atoms with van der Waals surface area (Å²) in [4.78, 5) is 24.8. The maximum Gasteiger partial charge on any atom is 0.431 e. The minimum atomic E-state index is -4.83. The highest BCUT2D eigenvalue weighted by Crippen LogP contribution is 2.34. The number of hydrogen-bond donors (Lipinski definition) is 1. The van der Waals surface area contributed by atoms with Gasteiger partial charge in [0.15, 0.2) is 0 Å². The molecule has 2 atom stereocenters. The molecule has 8 nitrogen and oxygen atoms in total. The van der Waals surface area contributed by atoms with Gasteiger partial charge in [-0.2, -0.15) is 17.5 Å². The second-order valence-electron chi connectivity index (χ2n) is 6.40. The third-order valence-corrected chi connectivity index (χ3v) is 5.37. The zero-order chi connectivity index (χ0) is 20.9. The van der Waals surface area contributed by atoms with E-state index in [1.165, 1.54) is 12.1 Å². The minimum absolute atomic E-state index is 0.0926. The van der Waals surface area contributed by atoms with Crippen LogP contribution < -0.4 is 11.2 Å². The third kappa shape index (κ3) is 3.37. The van der Waals surface area contributed by atoms with Crippen LogP contribution in [0.15, 0.2) is 33.9 Å². The monoisotopic (exact) mass is 429 g/mol. The van der Waals surface area contributed by atoms with E-state index in [1.54, 1.807) is 6.07 Å². The maximum atomic E-state index is 13.0. The van der Waals surface area contributed by atoms with E-state index in [4.69, 9.17) is 9.47 Å². The Morgan fingerprint density at radius 1 is 1.31 bits per heavy atom. The topological polar surface area (TPSA) is 95.6 Å². The largest absolute Gasteiger partial charge is 0.431 e. The van der Waals surface area contributed by atoms with E-state index >= 15 is 0 Å². The Kier molecular flexibility index (Phi) is 4.81. The number of ether oxygens (including phenoxy) is 2. The predicted octanol–water partition coefficient (Wildman–Crippen LogP) is 1.57. The Morgan fingerprint density at radius 3 is 2.72 bits per heavy atom. The van der Waals surface area contributed by atoms with E-state index in [9.17, 15) is 27.9 Å². The molecule has 1 fully saturated rings. The molecule has 1 aliphatic rings. The van der Waals surface area contributed by atoms with Crippen molar-refractivity contribution in [3.63, 3.8) is 0 Å². The van der Waals surface area contributed by atoms with Gasteiger partial charge in [-0.15, -0.1) is 0 Å². The standard InChI is InChI=1S/C17H14F3N3O5S/c1-22-12(17(18,19)20)5-13(25)23(16(22)26)8-2-3-11-10(4-8)14(21-29-11)15-27-7-9(6-24)28-15/h2-5,9,15,24H,6-7H2,1H3. The lowest BCUT2D eigenvalue weighted by Gasteiger charge is -2.14. The average Bonchev–Trinajstić information content (AvgIpc) is 3.30. The minimum Gasteiger partial charge on any atom is -0.394 e. The lowest BCUT2D eigenvalue weighted by Crippen LogP contribution is -2.40. The zero-order valence-corrected chi connectivity index (χ0v) is 15.7. The molecule has 3 heterocycles. The van der Waals surface area contributed by atoms with Crippen LogP contribution in [-0.2, 0) is 22.7 Å². The SMILES string of the molecule is Cn1c(C(F)(F)F)cc(=O)n(-c2ccc3snc(C4OCC(CO)O4)c3c2)c1=O. The molecular formula is C17H14F3N3O5S. The van der Waals surface area contributed by atoms with Gasteiger partial charge in [0.2, 0.25) is 6.29 Å². The van der Waals surface area contributed by atoms with Crippen molar-refractivity contribution in [3.8, 4) is 5.69 Å². The van der Waals surface area contributed by atoms with Crippen molar-refractivity contribution >= 4 is 21.6 Å². The summed E-state index contributed by atoms with van der Waals surface area (Å²) in [5.41, 5.74) is -3.05. The fraction of sp³-hybridized carbons (Fsp3) is 0.353. The van der Waals surface area contributed by atoms with Crippen molar-refractivity contribution in [1.29, 1.82) is 0 Å². The number of aliphatic hydroxyl groups is 1. The van der Waals surface area contributed by atoms with Crippen LogP contribution in [0.25, 0.3) is 15.8 Å². The molecule has 0 saturated carbocycles. The molecule has 1 N–H and O–H groups in total. The van der Waals surface area contributed by atoms with Crippen molar-refractivity contribution < 1.29 is 27.8 Å². The van der Waals surface area contributed by atoms with Gasteiger partial charge in [-0.3, -0.25) is 9.36 Å². The van der Waals surface area contributed by atoms with Gasteiger partial charge in [-0.05, 0) is 29.7 Å². The molecule has 0 radical (unpaired) electrons. The van der Waals surface area contributed by atoms with Gasteiger partial charge in [0.25, 0.3) is 5.56 Å². The van der Waals surface area contributed by atoms with Gasteiger partial charge in [-0.1, -0.05) is 0 Å². The van der Waals surface area contributed by atoms with Gasteiger partial charge >= 0.3 is 11.9 Å². The molecule has 0 amide bonds. The summed E-state index contributed by atoms with van der Waals surface area (Å²) in [6, 6.07) is 4.91. The van der Waals surface area contributed by atoms with Gasteiger partial charge in [0.1, 0.15) is 17.5 Å². The second-order valence-corrected chi connectivity index (χ2v) is 7.20. The van der Waals surface area contributed by atoms with Gasteiger partial charge < -0.3 is 14.6 Å². The summed E-state index contributed by atoms with van der Waals surface area (Å²) in [5, 5.41) is 9.71. The fourth-order valence-corrected chi connectivity index (χ4v) is 3.85. The van der Waals surface area contributed by atoms with E-state index in [0.717, 1.165) is 18.6 Å². The molecule has 2 aromatic heterocycles. The molecule has 12 heteroatoms. The van der Waals surface area contributed by atoms with Crippen molar-refractivity contribution in [2.75, 3.05) is 13.2 Å². The molecule has 154 valence electrons. The Morgan fingerprint density at radius 2 is 2.07 bits per heavy atom. The van der Waals surface area contributed by atoms with Crippen molar-refractivity contribution in [1.82, 2.24) is 13.5 Å². The van der Waals surface area contributed by atoms with Crippen LogP contribution in [0.4, 0.5) is 13.2 Å². The Hall–Kier alpha value is -2.54. The lowest BCUT2D eigenvalue weighted by molar-refractivity contribution is -0.144. The van der Waals surface area contributed by atoms with Crippen molar-refractivity contribution in [2.24, 2.45) is 7.05 Å². The Labute approximate surface area is 164 Å². The number of aliphatic hydroxyl groups excluding tert-OH is 1.